The van der Waals surface area contributed by atoms with Gasteiger partial charge >= 0.3 is 9.53 Å². The van der Waals surface area contributed by atoms with Gasteiger partial charge in [-0.2, -0.15) is 0 Å². The highest BCUT2D eigenvalue weighted by molar-refractivity contribution is 6.36. The molecule has 0 spiro atoms. The fraction of sp³-hybridized carbons (Fsp3) is 1.00. The Bertz CT molecular complexity index is 80.7. The molecule has 0 saturated heterocycles. The molecule has 0 aliphatic heterocycles. The van der Waals surface area contributed by atoms with E-state index in [1.165, 1.54) is 0 Å². The summed E-state index contributed by atoms with van der Waals surface area (Å²) in [5, 5.41) is 0. The highest BCUT2D eigenvalue weighted by atomic mass is 28.3. The maximum absolute atomic E-state index is 5.22. The van der Waals surface area contributed by atoms with Crippen molar-refractivity contribution in [3.63, 3.8) is 0 Å². The minimum atomic E-state index is -1.73. The first-order chi connectivity index (χ1) is 6.76. The minimum absolute atomic E-state index is 0.0139. The van der Waals surface area contributed by atoms with E-state index in [1.54, 1.807) is 0 Å². The van der Waals surface area contributed by atoms with Crippen molar-refractivity contribution in [3.8, 4) is 0 Å². The summed E-state index contributed by atoms with van der Waals surface area (Å²) in [5.41, 5.74) is 0. The summed E-state index contributed by atoms with van der Waals surface area (Å²) in [5.74, 6) is 0. The summed E-state index contributed by atoms with van der Waals surface area (Å²) < 4.78 is 20.5. The Kier molecular flexibility index (Phi) is 19.2. The third kappa shape index (κ3) is 15.0. The van der Waals surface area contributed by atoms with Crippen molar-refractivity contribution in [2.24, 2.45) is 0 Å². The Morgan fingerprint density at radius 1 is 1.00 bits per heavy atom. The molecule has 0 unspecified atom stereocenters. The van der Waals surface area contributed by atoms with Gasteiger partial charge in [0.2, 0.25) is 0 Å². The van der Waals surface area contributed by atoms with Gasteiger partial charge in [-0.3, -0.25) is 0 Å². The molecule has 0 aromatic rings. The van der Waals surface area contributed by atoms with Gasteiger partial charge in [0, 0.05) is 19.8 Å². The van der Waals surface area contributed by atoms with Crippen LogP contribution >= 0.6 is 0 Å². The number of rotatable bonds is 7. The first-order valence-corrected chi connectivity index (χ1v) is 9.32. The molecule has 0 aliphatic carbocycles. The third-order valence-electron chi connectivity index (χ3n) is 1.20. The summed E-state index contributed by atoms with van der Waals surface area (Å²) in [4.78, 5) is 0. The molecule has 88 valence electrons. The van der Waals surface area contributed by atoms with Crippen LogP contribution in [-0.4, -0.2) is 49.6 Å². The molecule has 0 fully saturated rings. The van der Waals surface area contributed by atoms with Crippen LogP contribution in [0.1, 0.15) is 20.8 Å². The highest BCUT2D eigenvalue weighted by Gasteiger charge is 2.11. The van der Waals surface area contributed by atoms with E-state index in [4.69, 9.17) is 17.4 Å². The molecule has 0 aromatic heterocycles. The van der Waals surface area contributed by atoms with Gasteiger partial charge in [-0.1, -0.05) is 6.55 Å². The molecule has 0 heterocycles. The van der Waals surface area contributed by atoms with E-state index in [2.05, 4.69) is 6.55 Å². The molecule has 0 radical (unpaired) electrons. The van der Waals surface area contributed by atoms with Crippen molar-refractivity contribution < 1.29 is 17.4 Å². The van der Waals surface area contributed by atoms with Crippen molar-refractivity contribution in [1.29, 1.82) is 0 Å². The summed E-state index contributed by atoms with van der Waals surface area (Å²) >= 11 is 0. The largest absolute Gasteiger partial charge is 0.484 e. The zero-order valence-corrected chi connectivity index (χ0v) is 14.6. The lowest BCUT2D eigenvalue weighted by atomic mass is 10.9. The van der Waals surface area contributed by atoms with Gasteiger partial charge in [-0.15, -0.1) is 0 Å². The molecule has 0 bridgehead atoms. The normalized spacial score (nSPS) is 10.9. The molecule has 0 aliphatic rings. The minimum Gasteiger partial charge on any atom is -0.468 e. The number of hydrogen-bond acceptors (Lipinski definition) is 4. The lowest BCUT2D eigenvalue weighted by Crippen LogP contribution is -2.27. The molecule has 0 rings (SSSR count). The SMILES string of the molecule is CCO[SiH](OCC)OCC.C[SiH2]O[SiH3]. The van der Waals surface area contributed by atoms with E-state index >= 15 is 0 Å². The van der Waals surface area contributed by atoms with Crippen LogP contribution in [0.3, 0.4) is 0 Å². The van der Waals surface area contributed by atoms with E-state index in [9.17, 15) is 0 Å². The van der Waals surface area contributed by atoms with Gasteiger partial charge in [-0.25, -0.2) is 0 Å². The van der Waals surface area contributed by atoms with Crippen LogP contribution < -0.4 is 0 Å². The molecular weight excluding hydrogens is 232 g/mol. The predicted molar refractivity (Wildman–Crippen MR) is 67.5 cm³/mol. The average Bonchev–Trinajstić information content (AvgIpc) is 2.20. The summed E-state index contributed by atoms with van der Waals surface area (Å²) in [6, 6.07) is 0. The lowest BCUT2D eigenvalue weighted by Gasteiger charge is -2.12. The predicted octanol–water partition coefficient (Wildman–Crippen LogP) is -0.772. The Morgan fingerprint density at radius 3 is 1.43 bits per heavy atom. The maximum Gasteiger partial charge on any atom is 0.484 e. The maximum atomic E-state index is 5.22. The van der Waals surface area contributed by atoms with Crippen molar-refractivity contribution >= 4 is 29.8 Å². The Balaban J connectivity index is 0. The average molecular weight is 257 g/mol. The lowest BCUT2D eigenvalue weighted by molar-refractivity contribution is 0.107. The number of hydrogen-bond donors (Lipinski definition) is 0. The van der Waals surface area contributed by atoms with E-state index in [0.29, 0.717) is 19.8 Å². The van der Waals surface area contributed by atoms with E-state index in [-0.39, 0.29) is 9.76 Å². The third-order valence-corrected chi connectivity index (χ3v) is 5.32. The first kappa shape index (κ1) is 16.9. The second kappa shape index (κ2) is 15.9. The molecular formula is C7H24O4Si3. The standard InChI is InChI=1S/C6H16O3Si.CH8OSi2/c1-4-7-10(8-5-2)9-6-3;1-4-2-3/h10H,4-6H2,1-3H3;4H2,1,3H3. The second-order valence-electron chi connectivity index (χ2n) is 2.23. The van der Waals surface area contributed by atoms with E-state index in [0.717, 1.165) is 10.5 Å². The van der Waals surface area contributed by atoms with Gasteiger partial charge in [0.05, 0.1) is 0 Å². The van der Waals surface area contributed by atoms with Crippen molar-refractivity contribution in [1.82, 2.24) is 0 Å². The molecule has 0 saturated carbocycles. The zero-order valence-electron chi connectivity index (χ0n) is 10.0. The molecule has 0 N–H and O–H groups in total. The Labute approximate surface area is 94.7 Å². The van der Waals surface area contributed by atoms with Crippen molar-refractivity contribution in [2.45, 2.75) is 27.3 Å². The molecule has 14 heavy (non-hydrogen) atoms. The Hall–Kier alpha value is 0.491. The van der Waals surface area contributed by atoms with Crippen LogP contribution in [0.15, 0.2) is 0 Å². The van der Waals surface area contributed by atoms with E-state index in [1.807, 2.05) is 20.8 Å². The Morgan fingerprint density at radius 2 is 1.29 bits per heavy atom. The molecule has 0 amide bonds. The quantitative estimate of drug-likeness (QED) is 0.561. The molecule has 0 aromatic carbocycles. The first-order valence-electron chi connectivity index (χ1n) is 5.10. The summed E-state index contributed by atoms with van der Waals surface area (Å²) in [6.45, 7) is 9.99. The van der Waals surface area contributed by atoms with Crippen molar-refractivity contribution in [2.75, 3.05) is 19.8 Å². The smallest absolute Gasteiger partial charge is 0.468 e. The van der Waals surface area contributed by atoms with Crippen LogP contribution in [0, 0.1) is 0 Å². The zero-order chi connectivity index (χ0) is 11.2. The molecule has 4 nitrogen and oxygen atoms in total. The van der Waals surface area contributed by atoms with Crippen LogP contribution in [-0.2, 0) is 17.4 Å². The van der Waals surface area contributed by atoms with Crippen molar-refractivity contribution in [3.05, 3.63) is 0 Å². The highest BCUT2D eigenvalue weighted by Crippen LogP contribution is 1.90. The van der Waals surface area contributed by atoms with Crippen LogP contribution in [0.5, 0.6) is 0 Å². The van der Waals surface area contributed by atoms with Gasteiger partial charge in [0.25, 0.3) is 0 Å². The second-order valence-corrected chi connectivity index (χ2v) is 6.70. The van der Waals surface area contributed by atoms with Gasteiger partial charge in [-0.05, 0) is 20.8 Å². The van der Waals surface area contributed by atoms with Crippen LogP contribution in [0.25, 0.3) is 0 Å². The fourth-order valence-corrected chi connectivity index (χ4v) is 1.66. The van der Waals surface area contributed by atoms with Crippen LogP contribution in [0.2, 0.25) is 6.55 Å². The van der Waals surface area contributed by atoms with Gasteiger partial charge in [0.15, 0.2) is 0 Å². The van der Waals surface area contributed by atoms with Crippen LogP contribution in [0.4, 0.5) is 0 Å². The summed E-state index contributed by atoms with van der Waals surface area (Å²) in [6.07, 6.45) is 0. The molecule has 0 atom stereocenters. The van der Waals surface area contributed by atoms with E-state index < -0.39 is 9.53 Å². The fourth-order valence-electron chi connectivity index (χ4n) is 0.553. The van der Waals surface area contributed by atoms with Gasteiger partial charge < -0.3 is 17.4 Å². The topological polar surface area (TPSA) is 36.9 Å². The molecule has 7 heteroatoms. The van der Waals surface area contributed by atoms with Gasteiger partial charge in [0.1, 0.15) is 20.2 Å². The monoisotopic (exact) mass is 256 g/mol. The summed E-state index contributed by atoms with van der Waals surface area (Å²) in [7, 11) is -0.796.